The summed E-state index contributed by atoms with van der Waals surface area (Å²) >= 11 is 1.77. The van der Waals surface area contributed by atoms with E-state index >= 15 is 0 Å². The van der Waals surface area contributed by atoms with Gasteiger partial charge in [0.25, 0.3) is 0 Å². The molecule has 0 saturated carbocycles. The second-order valence-electron chi connectivity index (χ2n) is 4.03. The predicted molar refractivity (Wildman–Crippen MR) is 72.7 cm³/mol. The van der Waals surface area contributed by atoms with Gasteiger partial charge in [-0.3, -0.25) is 0 Å². The fourth-order valence-electron chi connectivity index (χ4n) is 1.83. The predicted octanol–water partition coefficient (Wildman–Crippen LogP) is 0.541. The van der Waals surface area contributed by atoms with Crippen molar-refractivity contribution in [3.63, 3.8) is 0 Å². The molecule has 0 amide bonds. The lowest BCUT2D eigenvalue weighted by Crippen LogP contribution is -2.38. The van der Waals surface area contributed by atoms with Gasteiger partial charge in [-0.15, -0.1) is 0 Å². The zero-order chi connectivity index (χ0) is 13.0. The van der Waals surface area contributed by atoms with Gasteiger partial charge in [0, 0.05) is 18.0 Å². The van der Waals surface area contributed by atoms with Crippen LogP contribution < -0.4 is 16.0 Å². The second-order valence-corrected chi connectivity index (χ2v) is 6.86. The highest BCUT2D eigenvalue weighted by Crippen LogP contribution is 2.21. The van der Waals surface area contributed by atoms with E-state index in [0.29, 0.717) is 0 Å². The molecule has 1 fully saturated rings. The van der Waals surface area contributed by atoms with E-state index in [9.17, 15) is 8.42 Å². The first kappa shape index (κ1) is 13.6. The van der Waals surface area contributed by atoms with Gasteiger partial charge >= 0.3 is 0 Å². The molecule has 18 heavy (non-hydrogen) atoms. The zero-order valence-electron chi connectivity index (χ0n) is 9.80. The van der Waals surface area contributed by atoms with Gasteiger partial charge in [-0.05, 0) is 30.7 Å². The van der Waals surface area contributed by atoms with Crippen LogP contribution in [0.3, 0.4) is 0 Å². The molecule has 1 aliphatic rings. The Balaban J connectivity index is 2.19. The van der Waals surface area contributed by atoms with Crippen LogP contribution in [0.4, 0.5) is 5.82 Å². The number of anilines is 1. The number of rotatable bonds is 4. The molecule has 1 unspecified atom stereocenters. The lowest BCUT2D eigenvalue weighted by molar-refractivity contribution is 0.543. The van der Waals surface area contributed by atoms with Crippen molar-refractivity contribution >= 4 is 27.6 Å². The van der Waals surface area contributed by atoms with Gasteiger partial charge in [0.15, 0.2) is 5.82 Å². The SMILES string of the molecule is NNc1ncccc1S(=O)(=O)NC1CCCSC1. The second kappa shape index (κ2) is 5.87. The first-order valence-electron chi connectivity index (χ1n) is 5.65. The number of aromatic nitrogens is 1. The van der Waals surface area contributed by atoms with E-state index in [1.807, 2.05) is 0 Å². The van der Waals surface area contributed by atoms with E-state index in [1.165, 1.54) is 12.3 Å². The van der Waals surface area contributed by atoms with Crippen molar-refractivity contribution in [3.8, 4) is 0 Å². The maximum atomic E-state index is 12.2. The highest BCUT2D eigenvalue weighted by Gasteiger charge is 2.24. The molecule has 1 saturated heterocycles. The summed E-state index contributed by atoms with van der Waals surface area (Å²) in [7, 11) is -3.57. The largest absolute Gasteiger partial charge is 0.307 e. The fraction of sp³-hybridized carbons (Fsp3) is 0.500. The van der Waals surface area contributed by atoms with Crippen LogP contribution in [0.5, 0.6) is 0 Å². The minimum Gasteiger partial charge on any atom is -0.307 e. The van der Waals surface area contributed by atoms with Crippen molar-refractivity contribution in [2.75, 3.05) is 16.9 Å². The van der Waals surface area contributed by atoms with Crippen LogP contribution in [0.15, 0.2) is 23.2 Å². The third-order valence-electron chi connectivity index (χ3n) is 2.68. The van der Waals surface area contributed by atoms with Crippen molar-refractivity contribution in [1.29, 1.82) is 0 Å². The van der Waals surface area contributed by atoms with Crippen molar-refractivity contribution in [2.45, 2.75) is 23.8 Å². The molecule has 0 radical (unpaired) electrons. The van der Waals surface area contributed by atoms with Crippen LogP contribution >= 0.6 is 11.8 Å². The highest BCUT2D eigenvalue weighted by molar-refractivity contribution is 7.99. The van der Waals surface area contributed by atoms with Gasteiger partial charge in [0.1, 0.15) is 4.90 Å². The van der Waals surface area contributed by atoms with E-state index < -0.39 is 10.0 Å². The van der Waals surface area contributed by atoms with Gasteiger partial charge in [-0.25, -0.2) is 24.0 Å². The molecule has 2 heterocycles. The normalized spacial score (nSPS) is 20.6. The van der Waals surface area contributed by atoms with Gasteiger partial charge < -0.3 is 5.43 Å². The number of nitrogens with two attached hydrogens (primary N) is 1. The van der Waals surface area contributed by atoms with E-state index in [0.717, 1.165) is 24.3 Å². The summed E-state index contributed by atoms with van der Waals surface area (Å²) in [4.78, 5) is 3.98. The maximum Gasteiger partial charge on any atom is 0.244 e. The molecule has 6 nitrogen and oxygen atoms in total. The van der Waals surface area contributed by atoms with Crippen molar-refractivity contribution in [1.82, 2.24) is 9.71 Å². The smallest absolute Gasteiger partial charge is 0.244 e. The number of hydrogen-bond acceptors (Lipinski definition) is 6. The molecule has 1 aromatic rings. The quantitative estimate of drug-likeness (QED) is 0.553. The molecule has 0 aromatic carbocycles. The maximum absolute atomic E-state index is 12.2. The van der Waals surface area contributed by atoms with Crippen molar-refractivity contribution in [3.05, 3.63) is 18.3 Å². The standard InChI is InChI=1S/C10H16N4O2S2/c11-13-10-9(4-1-5-12-10)18(15,16)14-8-3-2-6-17-7-8/h1,4-5,8,14H,2-3,6-7,11H2,(H,12,13). The lowest BCUT2D eigenvalue weighted by Gasteiger charge is -2.22. The molecule has 8 heteroatoms. The molecule has 1 aliphatic heterocycles. The molecular formula is C10H16N4O2S2. The topological polar surface area (TPSA) is 97.1 Å². The summed E-state index contributed by atoms with van der Waals surface area (Å²) in [5, 5.41) is 0. The number of nitrogens with zero attached hydrogens (tertiary/aromatic N) is 1. The van der Waals surface area contributed by atoms with E-state index in [2.05, 4.69) is 15.1 Å². The summed E-state index contributed by atoms with van der Waals surface area (Å²) in [6, 6.07) is 3.05. The van der Waals surface area contributed by atoms with E-state index in [4.69, 9.17) is 5.84 Å². The molecule has 100 valence electrons. The molecule has 4 N–H and O–H groups in total. The van der Waals surface area contributed by atoms with Crippen molar-refractivity contribution in [2.24, 2.45) is 5.84 Å². The minimum absolute atomic E-state index is 0.0143. The Morgan fingerprint density at radius 3 is 3.00 bits per heavy atom. The van der Waals surface area contributed by atoms with Crippen molar-refractivity contribution < 1.29 is 8.42 Å². The Hall–Kier alpha value is -0.830. The monoisotopic (exact) mass is 288 g/mol. The number of hydrogen-bond donors (Lipinski definition) is 3. The minimum atomic E-state index is -3.57. The molecule has 0 spiro atoms. The molecular weight excluding hydrogens is 272 g/mol. The third-order valence-corrected chi connectivity index (χ3v) is 5.45. The van der Waals surface area contributed by atoms with Crippen LogP contribution in [0.2, 0.25) is 0 Å². The number of nitrogen functional groups attached to an aromatic ring is 1. The Kier molecular flexibility index (Phi) is 4.44. The summed E-state index contributed by atoms with van der Waals surface area (Å²) in [5.74, 6) is 7.34. The van der Waals surface area contributed by atoms with Gasteiger partial charge in [0.2, 0.25) is 10.0 Å². The fourth-order valence-corrected chi connectivity index (χ4v) is 4.40. The van der Waals surface area contributed by atoms with Crippen LogP contribution in [-0.4, -0.2) is 30.9 Å². The number of hydrazine groups is 1. The van der Waals surface area contributed by atoms with Crippen LogP contribution in [0.25, 0.3) is 0 Å². The molecule has 0 bridgehead atoms. The molecule has 2 rings (SSSR count). The molecule has 1 atom stereocenters. The Morgan fingerprint density at radius 2 is 2.33 bits per heavy atom. The Labute approximate surface area is 111 Å². The van der Waals surface area contributed by atoms with Gasteiger partial charge in [-0.1, -0.05) is 0 Å². The summed E-state index contributed by atoms with van der Waals surface area (Å²) in [5.41, 5.74) is 2.30. The summed E-state index contributed by atoms with van der Waals surface area (Å²) < 4.78 is 27.2. The Morgan fingerprint density at radius 1 is 1.50 bits per heavy atom. The molecule has 0 aliphatic carbocycles. The summed E-state index contributed by atoms with van der Waals surface area (Å²) in [6.45, 7) is 0. The van der Waals surface area contributed by atoms with E-state index in [1.54, 1.807) is 17.8 Å². The van der Waals surface area contributed by atoms with Crippen LogP contribution in [0, 0.1) is 0 Å². The van der Waals surface area contributed by atoms with Gasteiger partial charge in [0.05, 0.1) is 0 Å². The highest BCUT2D eigenvalue weighted by atomic mass is 32.2. The van der Waals surface area contributed by atoms with E-state index in [-0.39, 0.29) is 16.8 Å². The Bertz CT molecular complexity index is 500. The van der Waals surface area contributed by atoms with Crippen LogP contribution in [0.1, 0.15) is 12.8 Å². The average Bonchev–Trinajstić information content (AvgIpc) is 2.39. The first-order chi connectivity index (χ1) is 8.63. The zero-order valence-corrected chi connectivity index (χ0v) is 11.4. The lowest BCUT2D eigenvalue weighted by atomic mass is 10.2. The summed E-state index contributed by atoms with van der Waals surface area (Å²) in [6.07, 6.45) is 3.40. The number of thioether (sulfide) groups is 1. The third kappa shape index (κ3) is 3.14. The number of pyridine rings is 1. The average molecular weight is 288 g/mol. The van der Waals surface area contributed by atoms with Crippen LogP contribution in [-0.2, 0) is 10.0 Å². The first-order valence-corrected chi connectivity index (χ1v) is 8.29. The van der Waals surface area contributed by atoms with Gasteiger partial charge in [-0.2, -0.15) is 11.8 Å². The molecule has 1 aromatic heterocycles. The number of sulfonamides is 1. The number of nitrogens with one attached hydrogen (secondary N) is 2.